The number of benzene rings is 2. The van der Waals surface area contributed by atoms with E-state index in [0.29, 0.717) is 10.2 Å². The molecule has 0 radical (unpaired) electrons. The Labute approximate surface area is 135 Å². The molecule has 2 rings (SSSR count). The Balaban J connectivity index is 2.35. The Kier molecular flexibility index (Phi) is 4.80. The van der Waals surface area contributed by atoms with Gasteiger partial charge in [-0.3, -0.25) is 4.72 Å². The number of hydrogen-bond donors (Lipinski definition) is 2. The summed E-state index contributed by atoms with van der Waals surface area (Å²) >= 11 is 4.59. The molecule has 0 heterocycles. The van der Waals surface area contributed by atoms with Crippen molar-refractivity contribution >= 4 is 49.1 Å². The Morgan fingerprint density at radius 2 is 1.86 bits per heavy atom. The molecule has 2 aromatic carbocycles. The maximum Gasteiger partial charge on any atom is 0.264 e. The van der Waals surface area contributed by atoms with E-state index in [2.05, 4.69) is 20.7 Å². The lowest BCUT2D eigenvalue weighted by Crippen LogP contribution is -2.15. The van der Waals surface area contributed by atoms with Crippen molar-refractivity contribution < 1.29 is 12.8 Å². The van der Waals surface area contributed by atoms with Gasteiger partial charge in [-0.15, -0.1) is 11.8 Å². The summed E-state index contributed by atoms with van der Waals surface area (Å²) in [6.07, 6.45) is 1.92. The molecule has 0 aliphatic rings. The zero-order valence-corrected chi connectivity index (χ0v) is 14.1. The lowest BCUT2D eigenvalue weighted by Gasteiger charge is -2.10. The van der Waals surface area contributed by atoms with Gasteiger partial charge in [0.15, 0.2) is 0 Å². The van der Waals surface area contributed by atoms with Crippen LogP contribution >= 0.6 is 27.7 Å². The van der Waals surface area contributed by atoms with Gasteiger partial charge in [0.05, 0.1) is 0 Å². The molecule has 0 saturated carbocycles. The number of anilines is 2. The number of sulfonamides is 1. The van der Waals surface area contributed by atoms with Gasteiger partial charge in [-0.2, -0.15) is 0 Å². The number of hydrogen-bond acceptors (Lipinski definition) is 4. The second-order valence-electron chi connectivity index (χ2n) is 4.14. The van der Waals surface area contributed by atoms with E-state index < -0.39 is 20.7 Å². The molecule has 0 bridgehead atoms. The van der Waals surface area contributed by atoms with E-state index in [0.717, 1.165) is 17.0 Å². The summed E-state index contributed by atoms with van der Waals surface area (Å²) in [5.41, 5.74) is 6.11. The summed E-state index contributed by atoms with van der Waals surface area (Å²) in [5, 5.41) is 0. The molecule has 0 spiro atoms. The quantitative estimate of drug-likeness (QED) is 0.616. The highest BCUT2D eigenvalue weighted by Gasteiger charge is 2.20. The van der Waals surface area contributed by atoms with Crippen LogP contribution in [0.15, 0.2) is 50.7 Å². The molecule has 0 saturated heterocycles. The maximum absolute atomic E-state index is 13.8. The standard InChI is InChI=1S/C13H12BrFN2O2S2/c1-20-9-4-2-8(3-5-9)17-21(18,19)13-7-12(16)10(14)6-11(13)15/h2-7,17H,16H2,1H3. The van der Waals surface area contributed by atoms with E-state index in [1.165, 1.54) is 11.8 Å². The van der Waals surface area contributed by atoms with Crippen LogP contribution in [0.4, 0.5) is 15.8 Å². The van der Waals surface area contributed by atoms with E-state index in [9.17, 15) is 12.8 Å². The van der Waals surface area contributed by atoms with Gasteiger partial charge in [-0.25, -0.2) is 12.8 Å². The first-order valence-electron chi connectivity index (χ1n) is 5.75. The van der Waals surface area contributed by atoms with Crippen molar-refractivity contribution in [2.45, 2.75) is 9.79 Å². The van der Waals surface area contributed by atoms with Crippen molar-refractivity contribution in [2.75, 3.05) is 16.7 Å². The normalized spacial score (nSPS) is 11.4. The minimum Gasteiger partial charge on any atom is -0.398 e. The third-order valence-corrected chi connectivity index (χ3v) is 5.51. The highest BCUT2D eigenvalue weighted by Crippen LogP contribution is 2.27. The van der Waals surface area contributed by atoms with Crippen molar-refractivity contribution in [2.24, 2.45) is 0 Å². The van der Waals surface area contributed by atoms with Gasteiger partial charge in [0.25, 0.3) is 10.0 Å². The summed E-state index contributed by atoms with van der Waals surface area (Å²) in [6, 6.07) is 8.88. The molecule has 0 aliphatic heterocycles. The maximum atomic E-state index is 13.8. The Hall–Kier alpha value is -1.25. The van der Waals surface area contributed by atoms with E-state index in [1.54, 1.807) is 24.3 Å². The fourth-order valence-corrected chi connectivity index (χ4v) is 3.50. The molecule has 0 aliphatic carbocycles. The predicted octanol–water partition coefficient (Wildman–Crippen LogP) is 3.69. The predicted molar refractivity (Wildman–Crippen MR) is 87.5 cm³/mol. The summed E-state index contributed by atoms with van der Waals surface area (Å²) in [5.74, 6) is -0.871. The van der Waals surface area contributed by atoms with Crippen LogP contribution in [0.1, 0.15) is 0 Å². The van der Waals surface area contributed by atoms with Crippen LogP contribution in [0.5, 0.6) is 0 Å². The number of rotatable bonds is 4. The van der Waals surface area contributed by atoms with Crippen molar-refractivity contribution in [3.8, 4) is 0 Å². The van der Waals surface area contributed by atoms with Crippen LogP contribution in [0.3, 0.4) is 0 Å². The topological polar surface area (TPSA) is 72.2 Å². The van der Waals surface area contributed by atoms with Crippen LogP contribution in [0.2, 0.25) is 0 Å². The molecule has 4 nitrogen and oxygen atoms in total. The molecule has 21 heavy (non-hydrogen) atoms. The summed E-state index contributed by atoms with van der Waals surface area (Å²) < 4.78 is 40.9. The summed E-state index contributed by atoms with van der Waals surface area (Å²) in [4.78, 5) is 0.508. The number of halogens is 2. The van der Waals surface area contributed by atoms with Crippen LogP contribution in [-0.2, 0) is 10.0 Å². The van der Waals surface area contributed by atoms with Gasteiger partial charge >= 0.3 is 0 Å². The zero-order valence-electron chi connectivity index (χ0n) is 10.9. The van der Waals surface area contributed by atoms with E-state index in [1.807, 2.05) is 6.26 Å². The van der Waals surface area contributed by atoms with Gasteiger partial charge < -0.3 is 5.73 Å². The lowest BCUT2D eigenvalue weighted by molar-refractivity contribution is 0.570. The zero-order chi connectivity index (χ0) is 15.6. The van der Waals surface area contributed by atoms with Crippen molar-refractivity contribution in [3.63, 3.8) is 0 Å². The average molecular weight is 391 g/mol. The van der Waals surface area contributed by atoms with Gasteiger partial charge in [0, 0.05) is 20.7 Å². The Bertz CT molecular complexity index is 764. The molecule has 0 fully saturated rings. The average Bonchev–Trinajstić information content (AvgIpc) is 2.43. The minimum atomic E-state index is -4.04. The van der Waals surface area contributed by atoms with Crippen LogP contribution in [0.25, 0.3) is 0 Å². The molecule has 3 N–H and O–H groups in total. The molecule has 8 heteroatoms. The fourth-order valence-electron chi connectivity index (χ4n) is 1.62. The van der Waals surface area contributed by atoms with Gasteiger partial charge in [-0.05, 0) is 58.6 Å². The highest BCUT2D eigenvalue weighted by molar-refractivity contribution is 9.10. The number of nitrogens with two attached hydrogens (primary N) is 1. The third-order valence-electron chi connectivity index (χ3n) is 2.68. The second kappa shape index (κ2) is 6.25. The number of nitrogens with one attached hydrogen (secondary N) is 1. The van der Waals surface area contributed by atoms with E-state index >= 15 is 0 Å². The molecule has 112 valence electrons. The lowest BCUT2D eigenvalue weighted by atomic mass is 10.3. The highest BCUT2D eigenvalue weighted by atomic mass is 79.9. The number of thioether (sulfide) groups is 1. The Morgan fingerprint density at radius 3 is 2.43 bits per heavy atom. The molecule has 0 aromatic heterocycles. The van der Waals surface area contributed by atoms with E-state index in [4.69, 9.17) is 5.73 Å². The van der Waals surface area contributed by atoms with E-state index in [-0.39, 0.29) is 5.69 Å². The first kappa shape index (κ1) is 16.1. The monoisotopic (exact) mass is 390 g/mol. The minimum absolute atomic E-state index is 0.148. The smallest absolute Gasteiger partial charge is 0.264 e. The molecular weight excluding hydrogens is 379 g/mol. The van der Waals surface area contributed by atoms with Crippen molar-refractivity contribution in [1.29, 1.82) is 0 Å². The number of nitrogen functional groups attached to an aromatic ring is 1. The fraction of sp³-hybridized carbons (Fsp3) is 0.0769. The van der Waals surface area contributed by atoms with Crippen LogP contribution in [-0.4, -0.2) is 14.7 Å². The summed E-state index contributed by atoms with van der Waals surface area (Å²) in [7, 11) is -4.04. The molecule has 0 amide bonds. The van der Waals surface area contributed by atoms with Gasteiger partial charge in [0.1, 0.15) is 10.7 Å². The van der Waals surface area contributed by atoms with Crippen LogP contribution < -0.4 is 10.5 Å². The molecule has 0 atom stereocenters. The van der Waals surface area contributed by atoms with Crippen molar-refractivity contribution in [1.82, 2.24) is 0 Å². The molecule has 2 aromatic rings. The largest absolute Gasteiger partial charge is 0.398 e. The summed E-state index contributed by atoms with van der Waals surface area (Å²) in [6.45, 7) is 0. The van der Waals surface area contributed by atoms with Crippen molar-refractivity contribution in [3.05, 3.63) is 46.7 Å². The Morgan fingerprint density at radius 1 is 1.24 bits per heavy atom. The third kappa shape index (κ3) is 3.69. The first-order chi connectivity index (χ1) is 9.83. The first-order valence-corrected chi connectivity index (χ1v) is 9.25. The van der Waals surface area contributed by atoms with Gasteiger partial charge in [-0.1, -0.05) is 0 Å². The van der Waals surface area contributed by atoms with Gasteiger partial charge in [0.2, 0.25) is 0 Å². The SMILES string of the molecule is CSc1ccc(NS(=O)(=O)c2cc(N)c(Br)cc2F)cc1. The molecular formula is C13H12BrFN2O2S2. The molecule has 0 unspecified atom stereocenters. The second-order valence-corrected chi connectivity index (χ2v) is 7.52. The van der Waals surface area contributed by atoms with Crippen LogP contribution in [0, 0.1) is 5.82 Å².